The molecular weight excluding hydrogens is 224 g/mol. The first-order valence-corrected chi connectivity index (χ1v) is 6.04. The quantitative estimate of drug-likeness (QED) is 0.872. The topological polar surface area (TPSA) is 46.2 Å². The number of rotatable bonds is 3. The molecule has 0 aromatic heterocycles. The lowest BCUT2D eigenvalue weighted by Crippen LogP contribution is -2.11. The van der Waals surface area contributed by atoms with Crippen molar-refractivity contribution >= 4 is 15.7 Å². The van der Waals surface area contributed by atoms with E-state index >= 15 is 0 Å². The highest BCUT2D eigenvalue weighted by atomic mass is 32.2. The maximum absolute atomic E-state index is 12.9. The van der Waals surface area contributed by atoms with E-state index in [0.717, 1.165) is 19.2 Å². The third kappa shape index (κ3) is 3.83. The Bertz CT molecular complexity index is 451. The van der Waals surface area contributed by atoms with E-state index in [2.05, 4.69) is 4.72 Å². The molecule has 84 valence electrons. The van der Waals surface area contributed by atoms with Gasteiger partial charge in [-0.2, -0.15) is 0 Å². The highest BCUT2D eigenvalue weighted by molar-refractivity contribution is 7.92. The first-order valence-electron chi connectivity index (χ1n) is 4.15. The van der Waals surface area contributed by atoms with Gasteiger partial charge in [-0.25, -0.2) is 17.2 Å². The SMILES string of the molecule is CC(F)(F)c1cccc(NS(C)(=O)=O)c1. The van der Waals surface area contributed by atoms with Crippen molar-refractivity contribution in [3.63, 3.8) is 0 Å². The van der Waals surface area contributed by atoms with Gasteiger partial charge in [0.15, 0.2) is 0 Å². The summed E-state index contributed by atoms with van der Waals surface area (Å²) >= 11 is 0. The molecule has 0 aliphatic rings. The number of anilines is 1. The van der Waals surface area contributed by atoms with Crippen LogP contribution in [0.1, 0.15) is 12.5 Å². The summed E-state index contributed by atoms with van der Waals surface area (Å²) in [6, 6.07) is 5.14. The van der Waals surface area contributed by atoms with Gasteiger partial charge in [-0.3, -0.25) is 4.72 Å². The summed E-state index contributed by atoms with van der Waals surface area (Å²) in [6.45, 7) is 0.757. The van der Waals surface area contributed by atoms with Gasteiger partial charge in [0.2, 0.25) is 10.0 Å². The smallest absolute Gasteiger partial charge is 0.270 e. The molecule has 0 radical (unpaired) electrons. The van der Waals surface area contributed by atoms with Crippen LogP contribution in [0.2, 0.25) is 0 Å². The first-order chi connectivity index (χ1) is 6.68. The lowest BCUT2D eigenvalue weighted by molar-refractivity contribution is 0.0175. The molecule has 0 atom stereocenters. The van der Waals surface area contributed by atoms with E-state index in [9.17, 15) is 17.2 Å². The van der Waals surface area contributed by atoms with Crippen LogP contribution in [-0.2, 0) is 15.9 Å². The second-order valence-electron chi connectivity index (χ2n) is 3.34. The summed E-state index contributed by atoms with van der Waals surface area (Å²) in [5.41, 5.74) is -0.0901. The van der Waals surface area contributed by atoms with Crippen LogP contribution in [0.4, 0.5) is 14.5 Å². The number of benzene rings is 1. The van der Waals surface area contributed by atoms with Crippen LogP contribution in [0.15, 0.2) is 24.3 Å². The van der Waals surface area contributed by atoms with Gasteiger partial charge in [-0.05, 0) is 12.1 Å². The van der Waals surface area contributed by atoms with Crippen molar-refractivity contribution in [1.29, 1.82) is 0 Å². The van der Waals surface area contributed by atoms with Crippen molar-refractivity contribution in [3.05, 3.63) is 29.8 Å². The second kappa shape index (κ2) is 3.77. The van der Waals surface area contributed by atoms with Gasteiger partial charge in [0, 0.05) is 18.2 Å². The van der Waals surface area contributed by atoms with Gasteiger partial charge < -0.3 is 0 Å². The van der Waals surface area contributed by atoms with E-state index in [-0.39, 0.29) is 11.3 Å². The molecule has 15 heavy (non-hydrogen) atoms. The highest BCUT2D eigenvalue weighted by Gasteiger charge is 2.24. The Morgan fingerprint density at radius 1 is 1.33 bits per heavy atom. The maximum Gasteiger partial charge on any atom is 0.270 e. The fourth-order valence-corrected chi connectivity index (χ4v) is 1.62. The fourth-order valence-electron chi connectivity index (χ4n) is 1.07. The van der Waals surface area contributed by atoms with Gasteiger partial charge in [-0.15, -0.1) is 0 Å². The van der Waals surface area contributed by atoms with E-state index < -0.39 is 15.9 Å². The first kappa shape index (κ1) is 11.9. The van der Waals surface area contributed by atoms with E-state index in [1.54, 1.807) is 0 Å². The largest absolute Gasteiger partial charge is 0.284 e. The van der Waals surface area contributed by atoms with Crippen LogP contribution in [-0.4, -0.2) is 14.7 Å². The van der Waals surface area contributed by atoms with E-state index in [4.69, 9.17) is 0 Å². The molecule has 1 aromatic rings. The van der Waals surface area contributed by atoms with E-state index in [0.29, 0.717) is 0 Å². The molecule has 0 aliphatic carbocycles. The lowest BCUT2D eigenvalue weighted by atomic mass is 10.1. The lowest BCUT2D eigenvalue weighted by Gasteiger charge is -2.12. The monoisotopic (exact) mass is 235 g/mol. The molecule has 1 aromatic carbocycles. The molecule has 0 heterocycles. The van der Waals surface area contributed by atoms with Crippen molar-refractivity contribution < 1.29 is 17.2 Å². The third-order valence-corrected chi connectivity index (χ3v) is 2.28. The van der Waals surface area contributed by atoms with E-state index in [1.807, 2.05) is 0 Å². The average Bonchev–Trinajstić information content (AvgIpc) is 1.99. The highest BCUT2D eigenvalue weighted by Crippen LogP contribution is 2.28. The van der Waals surface area contributed by atoms with Crippen molar-refractivity contribution in [1.82, 2.24) is 0 Å². The molecule has 0 bridgehead atoms. The Balaban J connectivity index is 3.04. The number of halogens is 2. The maximum atomic E-state index is 12.9. The summed E-state index contributed by atoms with van der Waals surface area (Å²) in [6.07, 6.45) is 0.962. The summed E-state index contributed by atoms with van der Waals surface area (Å²) in [5.74, 6) is -2.98. The summed E-state index contributed by atoms with van der Waals surface area (Å²) in [4.78, 5) is 0. The second-order valence-corrected chi connectivity index (χ2v) is 5.09. The van der Waals surface area contributed by atoms with Gasteiger partial charge in [0.25, 0.3) is 5.92 Å². The van der Waals surface area contributed by atoms with Gasteiger partial charge in [0.1, 0.15) is 0 Å². The molecule has 1 rings (SSSR count). The molecule has 6 heteroatoms. The van der Waals surface area contributed by atoms with Gasteiger partial charge >= 0.3 is 0 Å². The third-order valence-electron chi connectivity index (χ3n) is 1.67. The zero-order chi connectivity index (χ0) is 11.7. The number of hydrogen-bond acceptors (Lipinski definition) is 2. The average molecular weight is 235 g/mol. The fraction of sp³-hybridized carbons (Fsp3) is 0.333. The summed E-state index contributed by atoms with van der Waals surface area (Å²) < 4.78 is 49.6. The molecule has 0 saturated heterocycles. The van der Waals surface area contributed by atoms with Crippen LogP contribution in [0.25, 0.3) is 0 Å². The van der Waals surface area contributed by atoms with Crippen molar-refractivity contribution in [2.75, 3.05) is 11.0 Å². The van der Waals surface area contributed by atoms with E-state index in [1.165, 1.54) is 18.2 Å². The molecule has 0 spiro atoms. The number of nitrogens with one attached hydrogen (secondary N) is 1. The van der Waals surface area contributed by atoms with Crippen LogP contribution in [0.5, 0.6) is 0 Å². The minimum atomic E-state index is -3.43. The Kier molecular flexibility index (Phi) is 2.99. The predicted molar refractivity (Wildman–Crippen MR) is 54.5 cm³/mol. The number of alkyl halides is 2. The van der Waals surface area contributed by atoms with Crippen LogP contribution < -0.4 is 4.72 Å². The molecule has 0 amide bonds. The molecule has 0 fully saturated rings. The van der Waals surface area contributed by atoms with Crippen molar-refractivity contribution in [2.24, 2.45) is 0 Å². The summed E-state index contributed by atoms with van der Waals surface area (Å²) in [7, 11) is -3.43. The van der Waals surface area contributed by atoms with Gasteiger partial charge in [0.05, 0.1) is 6.26 Å². The summed E-state index contributed by atoms with van der Waals surface area (Å²) in [5, 5.41) is 0. The number of hydrogen-bond donors (Lipinski definition) is 1. The molecule has 3 nitrogen and oxygen atoms in total. The predicted octanol–water partition coefficient (Wildman–Crippen LogP) is 2.17. The Labute approximate surface area is 87.2 Å². The Morgan fingerprint density at radius 2 is 1.93 bits per heavy atom. The Hall–Kier alpha value is -1.17. The molecular formula is C9H11F2NO2S. The minimum Gasteiger partial charge on any atom is -0.284 e. The molecule has 1 N–H and O–H groups in total. The zero-order valence-corrected chi connectivity index (χ0v) is 9.11. The molecule has 0 saturated carbocycles. The molecule has 0 unspecified atom stereocenters. The number of sulfonamides is 1. The van der Waals surface area contributed by atoms with Crippen molar-refractivity contribution in [2.45, 2.75) is 12.8 Å². The van der Waals surface area contributed by atoms with Crippen LogP contribution in [0.3, 0.4) is 0 Å². The molecule has 0 aliphatic heterocycles. The van der Waals surface area contributed by atoms with Crippen LogP contribution >= 0.6 is 0 Å². The zero-order valence-electron chi connectivity index (χ0n) is 8.29. The van der Waals surface area contributed by atoms with Crippen LogP contribution in [0, 0.1) is 0 Å². The minimum absolute atomic E-state index is 0.136. The normalized spacial score (nSPS) is 12.5. The Morgan fingerprint density at radius 3 is 2.40 bits per heavy atom. The standard InChI is InChI=1S/C9H11F2NO2S/c1-9(10,11)7-4-3-5-8(6-7)12-15(2,13)14/h3-6,12H,1-2H3. The van der Waals surface area contributed by atoms with Crippen molar-refractivity contribution in [3.8, 4) is 0 Å². The van der Waals surface area contributed by atoms with Gasteiger partial charge in [-0.1, -0.05) is 12.1 Å².